The van der Waals surface area contributed by atoms with Gasteiger partial charge in [0.25, 0.3) is 0 Å². The Hall–Kier alpha value is -9.04. The molecule has 452 valence electrons. The lowest BCUT2D eigenvalue weighted by Crippen LogP contribution is -2.14. The van der Waals surface area contributed by atoms with Crippen molar-refractivity contribution in [3.8, 4) is 0 Å². The van der Waals surface area contributed by atoms with E-state index in [0.29, 0.717) is 89.8 Å². The number of rotatable bonds is 18. The van der Waals surface area contributed by atoms with E-state index in [1.165, 1.54) is 0 Å². The van der Waals surface area contributed by atoms with E-state index in [4.69, 9.17) is 24.7 Å². The highest BCUT2D eigenvalue weighted by atomic mass is 16.5. The molecule has 0 aliphatic carbocycles. The second-order valence-electron chi connectivity index (χ2n) is 23.4. The molecule has 4 unspecified atom stereocenters. The quantitative estimate of drug-likeness (QED) is 0.0382. The smallest absolute Gasteiger partial charge is 0.303 e. The van der Waals surface area contributed by atoms with Crippen molar-refractivity contribution in [1.82, 2.24) is 39.9 Å². The van der Waals surface area contributed by atoms with E-state index < -0.39 is 48.3 Å². The van der Waals surface area contributed by atoms with Gasteiger partial charge in [0.1, 0.15) is 0 Å². The van der Waals surface area contributed by atoms with E-state index in [1.54, 1.807) is 13.8 Å². The van der Waals surface area contributed by atoms with Crippen molar-refractivity contribution in [2.75, 3.05) is 0 Å². The molecule has 87 heavy (non-hydrogen) atoms. The zero-order valence-corrected chi connectivity index (χ0v) is 51.1. The fraction of sp³-hybridized carbons (Fsp3) is 0.353. The topological polar surface area (TPSA) is 314 Å². The maximum atomic E-state index is 12.1. The molecule has 16 bridgehead atoms. The SMILES string of the molecule is CC1=C(CCC(=O)O)c2cc3nc(cc4[nH]c(cc5[nH]c(cc1n2)c(C)c5C(C)OC(C)C1=C(C)c2cc5nc(cc6[nH]c(cc7[nH]c(cc1n2)c(C)c7C(C)O)c(C)c6CCC(=O)O)C(CCC(=O)O)=C5C)c(C)c4C(C)O)C(C)=C3CCC(=O)O. The lowest BCUT2D eigenvalue weighted by molar-refractivity contribution is -0.137. The third-order valence-corrected chi connectivity index (χ3v) is 17.7. The number of carbonyl (C=O) groups is 4. The highest BCUT2D eigenvalue weighted by molar-refractivity contribution is 5.99. The number of nitrogens with zero attached hydrogens (tertiary/aromatic N) is 4. The third kappa shape index (κ3) is 11.9. The number of aliphatic hydroxyl groups excluding tert-OH is 2. The number of aliphatic hydroxyl groups is 2. The van der Waals surface area contributed by atoms with Crippen LogP contribution in [0.15, 0.2) is 48.5 Å². The predicted molar refractivity (Wildman–Crippen MR) is 338 cm³/mol. The highest BCUT2D eigenvalue weighted by Crippen LogP contribution is 2.43. The second kappa shape index (κ2) is 24.0. The largest absolute Gasteiger partial charge is 0.481 e. The molecule has 10 N–H and O–H groups in total. The molecule has 4 aliphatic rings. The minimum Gasteiger partial charge on any atom is -0.481 e. The van der Waals surface area contributed by atoms with E-state index in [1.807, 2.05) is 118 Å². The Kier molecular flexibility index (Phi) is 16.9. The number of aliphatic carboxylic acids is 4. The van der Waals surface area contributed by atoms with Gasteiger partial charge in [-0.25, -0.2) is 19.9 Å². The Morgan fingerprint density at radius 2 is 0.701 bits per heavy atom. The molecule has 19 nitrogen and oxygen atoms in total. The average molecular weight is 1180 g/mol. The second-order valence-corrected chi connectivity index (χ2v) is 23.4. The van der Waals surface area contributed by atoms with Crippen molar-refractivity contribution in [2.45, 2.75) is 159 Å². The molecule has 0 radical (unpaired) electrons. The third-order valence-electron chi connectivity index (χ3n) is 17.7. The summed E-state index contributed by atoms with van der Waals surface area (Å²) in [5, 5.41) is 62.2. The van der Waals surface area contributed by atoms with E-state index in [-0.39, 0.29) is 51.4 Å². The molecule has 4 aliphatic heterocycles. The summed E-state index contributed by atoms with van der Waals surface area (Å²) in [5.41, 5.74) is 22.5. The van der Waals surface area contributed by atoms with Crippen LogP contribution in [-0.2, 0) is 30.3 Å². The van der Waals surface area contributed by atoms with Crippen LogP contribution in [0, 0.1) is 27.7 Å². The van der Waals surface area contributed by atoms with Crippen molar-refractivity contribution in [3.05, 3.63) is 139 Å². The van der Waals surface area contributed by atoms with Crippen molar-refractivity contribution < 1.29 is 54.6 Å². The minimum atomic E-state index is -0.960. The van der Waals surface area contributed by atoms with Crippen molar-refractivity contribution >= 4 is 113 Å². The fourth-order valence-corrected chi connectivity index (χ4v) is 13.0. The maximum absolute atomic E-state index is 12.1. The van der Waals surface area contributed by atoms with Gasteiger partial charge in [0, 0.05) is 92.1 Å². The van der Waals surface area contributed by atoms with Gasteiger partial charge in [0.05, 0.1) is 70.0 Å². The summed E-state index contributed by atoms with van der Waals surface area (Å²) in [6.07, 6.45) is -2.69. The first-order valence-corrected chi connectivity index (χ1v) is 29.4. The van der Waals surface area contributed by atoms with Crippen LogP contribution in [0.4, 0.5) is 0 Å². The molecule has 0 saturated carbocycles. The van der Waals surface area contributed by atoms with Crippen LogP contribution in [0.3, 0.4) is 0 Å². The van der Waals surface area contributed by atoms with E-state index in [2.05, 4.69) is 19.9 Å². The van der Waals surface area contributed by atoms with Gasteiger partial charge < -0.3 is 55.3 Å². The first kappa shape index (κ1) is 61.1. The van der Waals surface area contributed by atoms with E-state index in [0.717, 1.165) is 89.0 Å². The number of hydrogen-bond acceptors (Lipinski definition) is 11. The molecule has 4 atom stereocenters. The first-order chi connectivity index (χ1) is 41.2. The van der Waals surface area contributed by atoms with E-state index in [9.17, 15) is 49.8 Å². The van der Waals surface area contributed by atoms with Crippen LogP contribution in [0.5, 0.6) is 0 Å². The predicted octanol–water partition coefficient (Wildman–Crippen LogP) is 13.8. The van der Waals surface area contributed by atoms with Crippen LogP contribution >= 0.6 is 0 Å². The molecule has 19 heteroatoms. The van der Waals surface area contributed by atoms with Gasteiger partial charge in [0.2, 0.25) is 0 Å². The Morgan fingerprint density at radius 1 is 0.379 bits per heavy atom. The number of aryl methyl sites for hydroxylation is 5. The van der Waals surface area contributed by atoms with Crippen molar-refractivity contribution in [1.29, 1.82) is 0 Å². The number of carboxylic acid groups (broad SMARTS) is 4. The molecule has 6 aromatic heterocycles. The Bertz CT molecular complexity index is 4420. The first-order valence-electron chi connectivity index (χ1n) is 29.4. The summed E-state index contributed by atoms with van der Waals surface area (Å²) in [6, 6.07) is 15.3. The summed E-state index contributed by atoms with van der Waals surface area (Å²) in [7, 11) is 0. The van der Waals surface area contributed by atoms with Crippen LogP contribution in [0.2, 0.25) is 0 Å². The molecular weight excluding hydrogens is 1100 g/mol. The number of aromatic amines is 4. The van der Waals surface area contributed by atoms with Crippen LogP contribution in [-0.4, -0.2) is 100 Å². The summed E-state index contributed by atoms with van der Waals surface area (Å²) in [4.78, 5) is 83.1. The molecular formula is C68H74N8O11. The summed E-state index contributed by atoms with van der Waals surface area (Å²) in [5.74, 6) is -3.82. The number of H-pyrrole nitrogens is 4. The Labute approximate surface area is 502 Å². The van der Waals surface area contributed by atoms with Crippen molar-refractivity contribution in [3.63, 3.8) is 0 Å². The number of ether oxygens (including phenoxy) is 1. The van der Waals surface area contributed by atoms with Gasteiger partial charge in [-0.05, 0) is 224 Å². The van der Waals surface area contributed by atoms with Crippen LogP contribution < -0.4 is 0 Å². The highest BCUT2D eigenvalue weighted by Gasteiger charge is 2.30. The van der Waals surface area contributed by atoms with Gasteiger partial charge in [-0.2, -0.15) is 0 Å². The molecule has 10 rings (SSSR count). The number of nitrogens with one attached hydrogen (secondary N) is 4. The zero-order valence-electron chi connectivity index (χ0n) is 51.1. The molecule has 0 amide bonds. The lowest BCUT2D eigenvalue weighted by atomic mass is 9.98. The number of fused-ring (bicyclic) bond motifs is 16. The van der Waals surface area contributed by atoms with Gasteiger partial charge in [-0.1, -0.05) is 0 Å². The molecule has 0 saturated heterocycles. The standard InChI is InChI=1S/C68H74N8O11/c1-29-41(13-17-61(79)80)53-27-55-43(15-19-63(83)84)31(3)47(71-55)23-57-65(37(9)77)33(5)51(73-57)25-59-67(35(7)49(75-59)21-45(29)69-53)39(11)87-40(12)68-36(8)50-22-46-30(2)42(14-18-62(81)82)54(70-46)28-56-44(16-20-64(85)86)32(4)48(72-56)24-58-66(38(10)78)34(6)52(74-58)26-60(68)76-50/h21-28,37-40,71,73-74,76-78H,13-20H2,1-12H3,(H,79,80)(H,81,82)(H,83,84)(H,85,86). The minimum absolute atomic E-state index is 0.115. The normalized spacial score (nSPS) is 15.0. The van der Waals surface area contributed by atoms with Gasteiger partial charge in [-0.15, -0.1) is 0 Å². The zero-order chi connectivity index (χ0) is 62.8. The summed E-state index contributed by atoms with van der Waals surface area (Å²) in [6.45, 7) is 23.0. The van der Waals surface area contributed by atoms with Crippen LogP contribution in [0.25, 0.3) is 88.7 Å². The number of hydrogen-bond donors (Lipinski definition) is 10. The van der Waals surface area contributed by atoms with Gasteiger partial charge in [-0.3, -0.25) is 19.2 Å². The van der Waals surface area contributed by atoms with E-state index >= 15 is 0 Å². The molecule has 0 spiro atoms. The molecule has 0 fully saturated rings. The maximum Gasteiger partial charge on any atom is 0.303 e. The molecule has 10 heterocycles. The fourth-order valence-electron chi connectivity index (χ4n) is 13.0. The number of carboxylic acids is 4. The number of aromatic nitrogens is 8. The van der Waals surface area contributed by atoms with Crippen molar-refractivity contribution in [2.24, 2.45) is 0 Å². The summed E-state index contributed by atoms with van der Waals surface area (Å²) >= 11 is 0. The molecule has 0 aromatic carbocycles. The van der Waals surface area contributed by atoms with Gasteiger partial charge in [0.15, 0.2) is 0 Å². The average Bonchev–Trinajstić information content (AvgIpc) is 2.04. The summed E-state index contributed by atoms with van der Waals surface area (Å²) < 4.78 is 7.26. The van der Waals surface area contributed by atoms with Crippen LogP contribution in [0.1, 0.15) is 209 Å². The molecule has 6 aromatic rings. The van der Waals surface area contributed by atoms with Gasteiger partial charge >= 0.3 is 23.9 Å². The number of allylic oxidation sites excluding steroid dienone is 7. The Morgan fingerprint density at radius 3 is 1.17 bits per heavy atom. The Balaban J connectivity index is 1.18. The lowest BCUT2D eigenvalue weighted by Gasteiger charge is -2.22. The monoisotopic (exact) mass is 1180 g/mol.